The van der Waals surface area contributed by atoms with Gasteiger partial charge >= 0.3 is 0 Å². The fourth-order valence-electron chi connectivity index (χ4n) is 1.43. The topological polar surface area (TPSA) is 54.0 Å². The van der Waals surface area contributed by atoms with E-state index in [4.69, 9.17) is 23.8 Å². The van der Waals surface area contributed by atoms with Crippen molar-refractivity contribution in [2.75, 3.05) is 5.32 Å². The highest BCUT2D eigenvalue weighted by Crippen LogP contribution is 2.27. The second kappa shape index (κ2) is 6.78. The van der Waals surface area contributed by atoms with Crippen molar-refractivity contribution in [1.82, 2.24) is 10.3 Å². The second-order valence-corrected chi connectivity index (χ2v) is 5.30. The summed E-state index contributed by atoms with van der Waals surface area (Å²) in [6, 6.07) is 10.5. The van der Waals surface area contributed by atoms with Gasteiger partial charge in [0.1, 0.15) is 5.15 Å². The Morgan fingerprint density at radius 1 is 1.25 bits per heavy atom. The Balaban J connectivity index is 2.03. The van der Waals surface area contributed by atoms with Crippen LogP contribution in [0.15, 0.2) is 47.1 Å². The third-order valence-electron chi connectivity index (χ3n) is 2.36. The van der Waals surface area contributed by atoms with Crippen LogP contribution in [0.25, 0.3) is 0 Å². The van der Waals surface area contributed by atoms with Crippen LogP contribution in [-0.2, 0) is 0 Å². The highest BCUT2D eigenvalue weighted by atomic mass is 79.9. The maximum absolute atomic E-state index is 11.9. The normalized spacial score (nSPS) is 9.90. The van der Waals surface area contributed by atoms with Crippen molar-refractivity contribution in [3.8, 4) is 0 Å². The highest BCUT2D eigenvalue weighted by molar-refractivity contribution is 9.10. The molecule has 0 saturated carbocycles. The van der Waals surface area contributed by atoms with Gasteiger partial charge in [-0.3, -0.25) is 10.1 Å². The van der Waals surface area contributed by atoms with Crippen molar-refractivity contribution in [2.45, 2.75) is 0 Å². The molecule has 0 aliphatic rings. The van der Waals surface area contributed by atoms with E-state index >= 15 is 0 Å². The van der Waals surface area contributed by atoms with Crippen LogP contribution < -0.4 is 10.6 Å². The number of nitrogens with zero attached hydrogens (tertiary/aromatic N) is 1. The molecular formula is C13H9BrClN3OS. The zero-order valence-corrected chi connectivity index (χ0v) is 13.2. The van der Waals surface area contributed by atoms with Crippen LogP contribution in [0, 0.1) is 0 Å². The minimum atomic E-state index is -0.278. The first-order valence-electron chi connectivity index (χ1n) is 5.55. The van der Waals surface area contributed by atoms with Gasteiger partial charge in [-0.25, -0.2) is 4.98 Å². The Morgan fingerprint density at radius 2 is 1.95 bits per heavy atom. The molecule has 1 heterocycles. The SMILES string of the molecule is O=C(NC(=S)Nc1ccnc(Cl)c1Br)c1ccccc1. The minimum absolute atomic E-state index is 0.182. The molecule has 1 amide bonds. The van der Waals surface area contributed by atoms with Crippen molar-refractivity contribution in [2.24, 2.45) is 0 Å². The van der Waals surface area contributed by atoms with Gasteiger partial charge in [0, 0.05) is 11.8 Å². The van der Waals surface area contributed by atoms with Gasteiger partial charge in [-0.15, -0.1) is 0 Å². The molecule has 20 heavy (non-hydrogen) atoms. The molecule has 2 aromatic rings. The lowest BCUT2D eigenvalue weighted by Gasteiger charge is -2.11. The number of amides is 1. The van der Waals surface area contributed by atoms with Crippen LogP contribution in [0.1, 0.15) is 10.4 Å². The molecule has 7 heteroatoms. The summed E-state index contributed by atoms with van der Waals surface area (Å²) in [7, 11) is 0. The van der Waals surface area contributed by atoms with Crippen LogP contribution >= 0.6 is 39.7 Å². The largest absolute Gasteiger partial charge is 0.331 e. The van der Waals surface area contributed by atoms with E-state index in [0.29, 0.717) is 20.9 Å². The summed E-state index contributed by atoms with van der Waals surface area (Å²) in [4.78, 5) is 15.8. The molecule has 0 radical (unpaired) electrons. The lowest BCUT2D eigenvalue weighted by Crippen LogP contribution is -2.34. The van der Waals surface area contributed by atoms with E-state index in [1.54, 1.807) is 30.3 Å². The molecule has 1 aromatic heterocycles. The Hall–Kier alpha value is -1.50. The van der Waals surface area contributed by atoms with Crippen molar-refractivity contribution in [3.05, 3.63) is 57.8 Å². The van der Waals surface area contributed by atoms with Crippen molar-refractivity contribution in [1.29, 1.82) is 0 Å². The average molecular weight is 371 g/mol. The van der Waals surface area contributed by atoms with Crippen molar-refractivity contribution < 1.29 is 4.79 Å². The van der Waals surface area contributed by atoms with Gasteiger partial charge in [-0.05, 0) is 46.3 Å². The number of carbonyl (C=O) groups is 1. The van der Waals surface area contributed by atoms with Gasteiger partial charge in [0.05, 0.1) is 10.2 Å². The lowest BCUT2D eigenvalue weighted by molar-refractivity contribution is 0.0978. The van der Waals surface area contributed by atoms with Gasteiger partial charge in [0.2, 0.25) is 0 Å². The maximum Gasteiger partial charge on any atom is 0.257 e. The van der Waals surface area contributed by atoms with Gasteiger partial charge in [0.15, 0.2) is 5.11 Å². The third kappa shape index (κ3) is 3.75. The number of nitrogens with one attached hydrogen (secondary N) is 2. The molecular weight excluding hydrogens is 362 g/mol. The molecule has 0 unspecified atom stereocenters. The van der Waals surface area contributed by atoms with Gasteiger partial charge in [-0.2, -0.15) is 0 Å². The number of hydrogen-bond donors (Lipinski definition) is 2. The Kier molecular flexibility index (Phi) is 5.05. The number of rotatable bonds is 2. The minimum Gasteiger partial charge on any atom is -0.331 e. The summed E-state index contributed by atoms with van der Waals surface area (Å²) in [5.41, 5.74) is 1.16. The maximum atomic E-state index is 11.9. The number of halogens is 2. The Labute approximate surface area is 134 Å². The number of hydrogen-bond acceptors (Lipinski definition) is 3. The van der Waals surface area contributed by atoms with Crippen molar-refractivity contribution in [3.63, 3.8) is 0 Å². The first kappa shape index (κ1) is 14.9. The molecule has 0 bridgehead atoms. The fraction of sp³-hybridized carbons (Fsp3) is 0. The zero-order valence-electron chi connectivity index (χ0n) is 10.1. The summed E-state index contributed by atoms with van der Waals surface area (Å²) in [6.45, 7) is 0. The van der Waals surface area contributed by atoms with Crippen LogP contribution in [0.4, 0.5) is 5.69 Å². The first-order valence-corrected chi connectivity index (χ1v) is 7.13. The standard InChI is InChI=1S/C13H9BrClN3OS/c14-10-9(6-7-16-11(10)15)17-13(20)18-12(19)8-4-2-1-3-5-8/h1-7H,(H2,16,17,18,19,20). The van der Waals surface area contributed by atoms with E-state index < -0.39 is 0 Å². The molecule has 2 rings (SSSR count). The van der Waals surface area contributed by atoms with E-state index in [-0.39, 0.29) is 11.0 Å². The zero-order chi connectivity index (χ0) is 14.5. The van der Waals surface area contributed by atoms with Crippen molar-refractivity contribution >= 4 is 56.5 Å². The summed E-state index contributed by atoms with van der Waals surface area (Å²) >= 11 is 14.2. The summed E-state index contributed by atoms with van der Waals surface area (Å²) in [5, 5.41) is 5.96. The fourth-order valence-corrected chi connectivity index (χ4v) is 2.13. The number of benzene rings is 1. The third-order valence-corrected chi connectivity index (χ3v) is 3.88. The van der Waals surface area contributed by atoms with E-state index in [2.05, 4.69) is 31.5 Å². The lowest BCUT2D eigenvalue weighted by atomic mass is 10.2. The Bertz CT molecular complexity index is 651. The van der Waals surface area contributed by atoms with Crippen LogP contribution in [-0.4, -0.2) is 16.0 Å². The van der Waals surface area contributed by atoms with E-state index in [1.165, 1.54) is 6.20 Å². The number of aromatic nitrogens is 1. The Morgan fingerprint density at radius 3 is 2.65 bits per heavy atom. The summed E-state index contributed by atoms with van der Waals surface area (Å²) in [5.74, 6) is -0.278. The monoisotopic (exact) mass is 369 g/mol. The highest BCUT2D eigenvalue weighted by Gasteiger charge is 2.10. The summed E-state index contributed by atoms with van der Waals surface area (Å²) in [6.07, 6.45) is 1.54. The van der Waals surface area contributed by atoms with E-state index in [9.17, 15) is 4.79 Å². The predicted molar refractivity (Wildman–Crippen MR) is 87.1 cm³/mol. The molecule has 0 saturated heterocycles. The van der Waals surface area contributed by atoms with Gasteiger partial charge in [-0.1, -0.05) is 29.8 Å². The number of thiocarbonyl (C=S) groups is 1. The molecule has 4 nitrogen and oxygen atoms in total. The van der Waals surface area contributed by atoms with Gasteiger partial charge < -0.3 is 5.32 Å². The van der Waals surface area contributed by atoms with Gasteiger partial charge in [0.25, 0.3) is 5.91 Å². The molecule has 0 aliphatic carbocycles. The van der Waals surface area contributed by atoms with Crippen LogP contribution in [0.2, 0.25) is 5.15 Å². The first-order chi connectivity index (χ1) is 9.58. The summed E-state index contributed by atoms with van der Waals surface area (Å²) < 4.78 is 0.581. The number of anilines is 1. The molecule has 1 aromatic carbocycles. The smallest absolute Gasteiger partial charge is 0.257 e. The number of pyridine rings is 1. The quantitative estimate of drug-likeness (QED) is 0.626. The number of carbonyl (C=O) groups excluding carboxylic acids is 1. The molecule has 102 valence electrons. The predicted octanol–water partition coefficient (Wildman–Crippen LogP) is 3.62. The molecule has 0 aliphatic heterocycles. The molecule has 0 atom stereocenters. The van der Waals surface area contributed by atoms with Crippen LogP contribution in [0.5, 0.6) is 0 Å². The second-order valence-electron chi connectivity index (χ2n) is 3.74. The molecule has 0 spiro atoms. The average Bonchev–Trinajstić information content (AvgIpc) is 2.45. The van der Waals surface area contributed by atoms with E-state index in [0.717, 1.165) is 0 Å². The van der Waals surface area contributed by atoms with Crippen LogP contribution in [0.3, 0.4) is 0 Å². The van der Waals surface area contributed by atoms with E-state index in [1.807, 2.05) is 6.07 Å². The molecule has 2 N–H and O–H groups in total. The molecule has 0 fully saturated rings.